The topological polar surface area (TPSA) is 112 Å². The van der Waals surface area contributed by atoms with E-state index in [4.69, 9.17) is 18.3 Å². The molecule has 0 fully saturated rings. The SMILES string of the molecule is CC(C)c1cccc(C(C)C)c1COC1=C(/C=C/c2ccc(N(CCO[Si](c3ccccc3)(c3ccccc3)C(C)(C)C)CCO[Si](c3ccccc3)(c3ccccc3)C(C)(C)C)cc2)CC(C)(C)C/C1=C\C=C\C1=C(C#N)C(=C(C#N)C#N)OC1(c1ccccc1)C(F)(F)F. The molecule has 13 heteroatoms. The predicted octanol–water partition coefficient (Wildman–Crippen LogP) is 18.3. The van der Waals surface area contributed by atoms with Crippen LogP contribution < -0.4 is 25.6 Å². The molecule has 0 aromatic heterocycles. The zero-order chi connectivity index (χ0) is 69.1. The van der Waals surface area contributed by atoms with E-state index in [2.05, 4.69) is 264 Å². The molecule has 0 amide bonds. The molecule has 8 nitrogen and oxygen atoms in total. The lowest BCUT2D eigenvalue weighted by Gasteiger charge is -2.44. The van der Waals surface area contributed by atoms with Crippen molar-refractivity contribution in [3.8, 4) is 18.2 Å². The molecule has 0 radical (unpaired) electrons. The normalized spacial score (nSPS) is 16.7. The van der Waals surface area contributed by atoms with Gasteiger partial charge in [-0.1, -0.05) is 295 Å². The number of allylic oxidation sites excluding steroid dienone is 7. The summed E-state index contributed by atoms with van der Waals surface area (Å²) in [6.45, 7) is 29.1. The van der Waals surface area contributed by atoms with E-state index in [-0.39, 0.29) is 39.5 Å². The van der Waals surface area contributed by atoms with Gasteiger partial charge in [-0.25, -0.2) is 0 Å². The minimum atomic E-state index is -5.14. The van der Waals surface area contributed by atoms with E-state index in [1.807, 2.05) is 6.07 Å². The molecule has 1 aliphatic heterocycles. The van der Waals surface area contributed by atoms with Crippen molar-refractivity contribution in [3.63, 3.8) is 0 Å². The summed E-state index contributed by atoms with van der Waals surface area (Å²) >= 11 is 0. The fraction of sp³-hybridized carbons (Fsp3) is 0.313. The zero-order valence-electron chi connectivity index (χ0n) is 57.5. The Morgan fingerprint density at radius 3 is 1.44 bits per heavy atom. The Labute approximate surface area is 569 Å². The molecule has 0 spiro atoms. The fourth-order valence-electron chi connectivity index (χ4n) is 14.1. The van der Waals surface area contributed by atoms with E-state index in [9.17, 15) is 15.8 Å². The summed E-state index contributed by atoms with van der Waals surface area (Å²) in [6, 6.07) is 70.0. The molecule has 7 aromatic rings. The standard InChI is InChI=1S/C83H89F3N4O4Si2/c1-60(2)72-41-29-42-73(61(3)4)75(72)59-91-77-63(30-28-43-76-74(58-89)78(65(56-87)57-88)94-82(76,83(84,85)86)66-31-18-13-19-32-66)54-81(11,12)55-64(77)47-44-62-45-48-67(49-46-62)90(50-52-92-95(79(5,6)7,68-33-20-14-21-34-68)69-35-22-15-23-36-69)51-53-93-96(80(8,9)10,70-37-24-16-25-38-70)71-39-26-17-27-40-71/h13-49,60-61H,50-55,59H2,1-12H3/b43-28+,47-44+,63-30+. The van der Waals surface area contributed by atoms with Crippen LogP contribution in [0.15, 0.2) is 258 Å². The second kappa shape index (κ2) is 30.0. The average molecular weight is 1320 g/mol. The second-order valence-electron chi connectivity index (χ2n) is 28.3. The van der Waals surface area contributed by atoms with Crippen molar-refractivity contribution >= 4 is 49.1 Å². The number of ether oxygens (including phenoxy) is 2. The van der Waals surface area contributed by atoms with E-state index >= 15 is 13.2 Å². The molecule has 7 aromatic carbocycles. The minimum Gasteiger partial charge on any atom is -0.488 e. The predicted molar refractivity (Wildman–Crippen MR) is 388 cm³/mol. The number of anilines is 1. The molecular formula is C83H89F3N4O4Si2. The van der Waals surface area contributed by atoms with E-state index < -0.39 is 50.9 Å². The van der Waals surface area contributed by atoms with Gasteiger partial charge < -0.3 is 23.2 Å². The van der Waals surface area contributed by atoms with E-state index in [0.29, 0.717) is 44.9 Å². The first-order chi connectivity index (χ1) is 45.8. The lowest BCUT2D eigenvalue weighted by atomic mass is 9.74. The number of halogens is 3. The third-order valence-electron chi connectivity index (χ3n) is 18.5. The van der Waals surface area contributed by atoms with Crippen LogP contribution in [0.2, 0.25) is 10.1 Å². The Bertz CT molecular complexity index is 3940. The van der Waals surface area contributed by atoms with Crippen LogP contribution in [0.4, 0.5) is 18.9 Å². The van der Waals surface area contributed by atoms with Gasteiger partial charge in [-0.05, 0) is 106 Å². The molecule has 494 valence electrons. The number of benzene rings is 7. The number of rotatable bonds is 23. The Balaban J connectivity index is 1.13. The molecule has 9 rings (SSSR count). The first kappa shape index (κ1) is 71.3. The molecule has 2 aliphatic rings. The number of hydrogen-bond acceptors (Lipinski definition) is 8. The Hall–Kier alpha value is -9.01. The van der Waals surface area contributed by atoms with Crippen molar-refractivity contribution < 1.29 is 31.5 Å². The van der Waals surface area contributed by atoms with E-state index in [1.165, 1.54) is 68.3 Å². The van der Waals surface area contributed by atoms with Gasteiger partial charge in [0.25, 0.3) is 22.2 Å². The molecule has 1 heterocycles. The summed E-state index contributed by atoms with van der Waals surface area (Å²) in [6.07, 6.45) is 4.63. The molecule has 0 N–H and O–H groups in total. The maximum absolute atomic E-state index is 15.9. The van der Waals surface area contributed by atoms with Gasteiger partial charge in [-0.2, -0.15) is 29.0 Å². The average Bonchev–Trinajstić information content (AvgIpc) is 1.50. The molecular weight excluding hydrogens is 1230 g/mol. The van der Waals surface area contributed by atoms with Crippen molar-refractivity contribution in [3.05, 3.63) is 286 Å². The minimum absolute atomic E-state index is 0.194. The summed E-state index contributed by atoms with van der Waals surface area (Å²) in [5, 5.41) is 34.9. The Kier molecular flexibility index (Phi) is 22.2. The van der Waals surface area contributed by atoms with Crippen LogP contribution in [0.5, 0.6) is 0 Å². The lowest BCUT2D eigenvalue weighted by Crippen LogP contribution is -2.67. The third kappa shape index (κ3) is 14.8. The van der Waals surface area contributed by atoms with E-state index in [1.54, 1.807) is 24.3 Å². The summed E-state index contributed by atoms with van der Waals surface area (Å²) in [4.78, 5) is 2.39. The van der Waals surface area contributed by atoms with Gasteiger partial charge in [0, 0.05) is 29.9 Å². The lowest BCUT2D eigenvalue weighted by molar-refractivity contribution is -0.249. The summed E-state index contributed by atoms with van der Waals surface area (Å²) in [7, 11) is -5.81. The highest BCUT2D eigenvalue weighted by atomic mass is 28.4. The first-order valence-corrected chi connectivity index (χ1v) is 37.0. The number of hydrogen-bond donors (Lipinski definition) is 0. The molecule has 1 atom stereocenters. The van der Waals surface area contributed by atoms with Gasteiger partial charge in [0.05, 0.1) is 13.2 Å². The van der Waals surface area contributed by atoms with Crippen LogP contribution in [-0.4, -0.2) is 49.1 Å². The maximum Gasteiger partial charge on any atom is 0.437 e. The van der Waals surface area contributed by atoms with Crippen LogP contribution in [-0.2, 0) is 30.5 Å². The molecule has 1 unspecified atom stereocenters. The maximum atomic E-state index is 15.9. The number of nitriles is 3. The highest BCUT2D eigenvalue weighted by Crippen LogP contribution is 2.56. The van der Waals surface area contributed by atoms with Gasteiger partial charge in [0.1, 0.15) is 36.1 Å². The number of alkyl halides is 3. The largest absolute Gasteiger partial charge is 0.488 e. The summed E-state index contributed by atoms with van der Waals surface area (Å²) in [5.74, 6) is 0.266. The van der Waals surface area contributed by atoms with Crippen molar-refractivity contribution in [1.82, 2.24) is 0 Å². The molecule has 0 bridgehead atoms. The monoisotopic (exact) mass is 1320 g/mol. The number of nitrogens with zero attached hydrogens (tertiary/aromatic N) is 4. The van der Waals surface area contributed by atoms with Gasteiger partial charge in [0.15, 0.2) is 11.3 Å². The van der Waals surface area contributed by atoms with Crippen molar-refractivity contribution in [2.24, 2.45) is 5.41 Å². The van der Waals surface area contributed by atoms with Gasteiger partial charge in [-0.15, -0.1) is 0 Å². The van der Waals surface area contributed by atoms with Gasteiger partial charge in [0.2, 0.25) is 0 Å². The Morgan fingerprint density at radius 1 is 0.583 bits per heavy atom. The van der Waals surface area contributed by atoms with Gasteiger partial charge in [-0.3, -0.25) is 0 Å². The fourth-order valence-corrected chi connectivity index (χ4v) is 23.2. The van der Waals surface area contributed by atoms with Crippen molar-refractivity contribution in [1.29, 1.82) is 15.8 Å². The van der Waals surface area contributed by atoms with Gasteiger partial charge >= 0.3 is 6.18 Å². The van der Waals surface area contributed by atoms with Crippen LogP contribution in [0.3, 0.4) is 0 Å². The first-order valence-electron chi connectivity index (χ1n) is 33.2. The highest BCUT2D eigenvalue weighted by Gasteiger charge is 2.65. The van der Waals surface area contributed by atoms with Crippen LogP contribution in [0.1, 0.15) is 136 Å². The van der Waals surface area contributed by atoms with Crippen molar-refractivity contribution in [2.45, 2.75) is 136 Å². The van der Waals surface area contributed by atoms with Crippen LogP contribution in [0.25, 0.3) is 6.08 Å². The highest BCUT2D eigenvalue weighted by molar-refractivity contribution is 7.00. The summed E-state index contributed by atoms with van der Waals surface area (Å²) in [5.41, 5.74) is 1.28. The molecule has 0 saturated carbocycles. The van der Waals surface area contributed by atoms with Crippen LogP contribution in [0, 0.1) is 39.4 Å². The van der Waals surface area contributed by atoms with E-state index in [0.717, 1.165) is 28.0 Å². The second-order valence-corrected chi connectivity index (χ2v) is 37.0. The Morgan fingerprint density at radius 2 is 1.03 bits per heavy atom. The summed E-state index contributed by atoms with van der Waals surface area (Å²) < 4.78 is 75.9. The zero-order valence-corrected chi connectivity index (χ0v) is 59.5. The molecule has 0 saturated heterocycles. The van der Waals surface area contributed by atoms with Crippen LogP contribution >= 0.6 is 0 Å². The quantitative estimate of drug-likeness (QED) is 0.0460. The smallest absolute Gasteiger partial charge is 0.437 e. The van der Waals surface area contributed by atoms with Crippen molar-refractivity contribution in [2.75, 3.05) is 31.2 Å². The molecule has 96 heavy (non-hydrogen) atoms. The molecule has 1 aliphatic carbocycles. The third-order valence-corrected chi connectivity index (χ3v) is 28.6.